The van der Waals surface area contributed by atoms with E-state index < -0.39 is 21.8 Å². The van der Waals surface area contributed by atoms with Gasteiger partial charge in [0.15, 0.2) is 0 Å². The Morgan fingerprint density at radius 2 is 1.81 bits per heavy atom. The highest BCUT2D eigenvalue weighted by molar-refractivity contribution is 7.89. The van der Waals surface area contributed by atoms with Gasteiger partial charge < -0.3 is 0 Å². The van der Waals surface area contributed by atoms with Crippen molar-refractivity contribution in [2.24, 2.45) is 0 Å². The van der Waals surface area contributed by atoms with Gasteiger partial charge in [0.25, 0.3) is 0 Å². The Morgan fingerprint density at radius 3 is 2.48 bits per heavy atom. The third-order valence-corrected chi connectivity index (χ3v) is 6.36. The Kier molecular flexibility index (Phi) is 5.60. The maximum Gasteiger partial charge on any atom is 0.416 e. The molecule has 3 rings (SSSR count). The van der Waals surface area contributed by atoms with Crippen molar-refractivity contribution >= 4 is 10.0 Å². The van der Waals surface area contributed by atoms with E-state index >= 15 is 0 Å². The van der Waals surface area contributed by atoms with Crippen LogP contribution in [-0.4, -0.2) is 32.4 Å². The van der Waals surface area contributed by atoms with Crippen LogP contribution in [0.5, 0.6) is 0 Å². The molecule has 27 heavy (non-hydrogen) atoms. The van der Waals surface area contributed by atoms with Crippen molar-refractivity contribution in [3.8, 4) is 0 Å². The number of alkyl halides is 3. The van der Waals surface area contributed by atoms with E-state index in [1.807, 2.05) is 30.3 Å². The number of halogens is 3. The van der Waals surface area contributed by atoms with Gasteiger partial charge in [0.2, 0.25) is 10.0 Å². The summed E-state index contributed by atoms with van der Waals surface area (Å²) in [7, 11) is -4.02. The van der Waals surface area contributed by atoms with Crippen molar-refractivity contribution in [1.29, 1.82) is 0 Å². The molecule has 146 valence electrons. The van der Waals surface area contributed by atoms with Crippen molar-refractivity contribution in [2.75, 3.05) is 13.1 Å². The van der Waals surface area contributed by atoms with Gasteiger partial charge in [-0.3, -0.25) is 4.90 Å². The van der Waals surface area contributed by atoms with E-state index in [1.54, 1.807) is 0 Å². The highest BCUT2D eigenvalue weighted by Gasteiger charge is 2.33. The quantitative estimate of drug-likeness (QED) is 0.833. The van der Waals surface area contributed by atoms with E-state index in [0.717, 1.165) is 17.7 Å². The Morgan fingerprint density at radius 1 is 1.11 bits per heavy atom. The van der Waals surface area contributed by atoms with Gasteiger partial charge in [0.1, 0.15) is 0 Å². The summed E-state index contributed by atoms with van der Waals surface area (Å²) in [6.07, 6.45) is -3.98. The predicted octanol–water partition coefficient (Wildman–Crippen LogP) is 3.82. The number of benzene rings is 2. The van der Waals surface area contributed by atoms with Crippen molar-refractivity contribution in [3.63, 3.8) is 0 Å². The average Bonchev–Trinajstić information content (AvgIpc) is 3.09. The zero-order valence-electron chi connectivity index (χ0n) is 14.8. The summed E-state index contributed by atoms with van der Waals surface area (Å²) in [5, 5.41) is 0. The van der Waals surface area contributed by atoms with E-state index in [0.29, 0.717) is 25.6 Å². The van der Waals surface area contributed by atoms with Crippen LogP contribution in [-0.2, 0) is 16.2 Å². The molecule has 0 spiro atoms. The zero-order chi connectivity index (χ0) is 19.7. The zero-order valence-corrected chi connectivity index (χ0v) is 15.6. The topological polar surface area (TPSA) is 49.4 Å². The molecule has 0 radical (unpaired) electrons. The minimum Gasteiger partial charge on any atom is -0.295 e. The summed E-state index contributed by atoms with van der Waals surface area (Å²) in [6, 6.07) is 13.5. The second kappa shape index (κ2) is 7.61. The summed E-state index contributed by atoms with van der Waals surface area (Å²) < 4.78 is 66.1. The van der Waals surface area contributed by atoms with Crippen molar-refractivity contribution in [1.82, 2.24) is 9.62 Å². The molecule has 8 heteroatoms. The average molecular weight is 398 g/mol. The van der Waals surface area contributed by atoms with Crippen LogP contribution in [0.2, 0.25) is 0 Å². The highest BCUT2D eigenvalue weighted by Crippen LogP contribution is 2.31. The fourth-order valence-corrected chi connectivity index (χ4v) is 4.61. The molecule has 1 N–H and O–H groups in total. The molecule has 2 atom stereocenters. The van der Waals surface area contributed by atoms with Crippen LogP contribution < -0.4 is 4.72 Å². The molecule has 4 nitrogen and oxygen atoms in total. The Bertz CT molecular complexity index is 885. The van der Waals surface area contributed by atoms with Crippen LogP contribution in [0.15, 0.2) is 59.5 Å². The maximum absolute atomic E-state index is 12.8. The number of nitrogens with zero attached hydrogens (tertiary/aromatic N) is 1. The summed E-state index contributed by atoms with van der Waals surface area (Å²) in [5.41, 5.74) is 0.162. The second-order valence-electron chi connectivity index (χ2n) is 6.71. The summed E-state index contributed by atoms with van der Waals surface area (Å²) in [5.74, 6) is 0. The minimum atomic E-state index is -4.58. The molecule has 1 aliphatic rings. The maximum atomic E-state index is 12.8. The number of nitrogens with one attached hydrogen (secondary N) is 1. The normalized spacial score (nSPS) is 19.9. The van der Waals surface area contributed by atoms with Crippen LogP contribution in [0.4, 0.5) is 13.2 Å². The third-order valence-electron chi connectivity index (χ3n) is 4.84. The van der Waals surface area contributed by atoms with Crippen LogP contribution >= 0.6 is 0 Å². The number of hydrogen-bond donors (Lipinski definition) is 1. The van der Waals surface area contributed by atoms with E-state index in [4.69, 9.17) is 0 Å². The van der Waals surface area contributed by atoms with Crippen molar-refractivity contribution in [2.45, 2.75) is 36.5 Å². The molecule has 0 amide bonds. The summed E-state index contributed by atoms with van der Waals surface area (Å²) in [6.45, 7) is 3.28. The minimum absolute atomic E-state index is 0.134. The Labute approximate surface area is 157 Å². The smallest absolute Gasteiger partial charge is 0.295 e. The lowest BCUT2D eigenvalue weighted by atomic mass is 10.1. The summed E-state index contributed by atoms with van der Waals surface area (Å²) in [4.78, 5) is 1.79. The molecule has 0 aliphatic carbocycles. The van der Waals surface area contributed by atoms with Gasteiger partial charge in [-0.2, -0.15) is 13.2 Å². The van der Waals surface area contributed by atoms with Gasteiger partial charge in [0.05, 0.1) is 10.5 Å². The lowest BCUT2D eigenvalue weighted by Crippen LogP contribution is -2.37. The monoisotopic (exact) mass is 398 g/mol. The van der Waals surface area contributed by atoms with E-state index in [9.17, 15) is 21.6 Å². The lowest BCUT2D eigenvalue weighted by molar-refractivity contribution is -0.137. The molecule has 0 saturated carbocycles. The number of sulfonamides is 1. The number of hydrogen-bond acceptors (Lipinski definition) is 3. The first-order valence-electron chi connectivity index (χ1n) is 8.65. The molecule has 1 saturated heterocycles. The molecule has 2 aromatic carbocycles. The van der Waals surface area contributed by atoms with Crippen molar-refractivity contribution < 1.29 is 21.6 Å². The predicted molar refractivity (Wildman–Crippen MR) is 96.6 cm³/mol. The van der Waals surface area contributed by atoms with E-state index in [-0.39, 0.29) is 17.0 Å². The van der Waals surface area contributed by atoms with Gasteiger partial charge in [-0.1, -0.05) is 36.4 Å². The Hall–Kier alpha value is -1.90. The van der Waals surface area contributed by atoms with Gasteiger partial charge in [-0.15, -0.1) is 0 Å². The van der Waals surface area contributed by atoms with E-state index in [1.165, 1.54) is 6.07 Å². The SMILES string of the molecule is CC(c1ccccc1)N1CCC(NS(=O)(=O)c2cccc(C(F)(F)F)c2)C1. The Balaban J connectivity index is 1.69. The van der Waals surface area contributed by atoms with Crippen molar-refractivity contribution in [3.05, 3.63) is 65.7 Å². The van der Waals surface area contributed by atoms with Crippen LogP contribution in [0, 0.1) is 0 Å². The third kappa shape index (κ3) is 4.69. The van der Waals surface area contributed by atoms with Gasteiger partial charge in [0, 0.05) is 25.2 Å². The first kappa shape index (κ1) is 19.9. The van der Waals surface area contributed by atoms with Crippen LogP contribution in [0.25, 0.3) is 0 Å². The number of rotatable bonds is 5. The van der Waals surface area contributed by atoms with Crippen LogP contribution in [0.1, 0.15) is 30.5 Å². The second-order valence-corrected chi connectivity index (χ2v) is 8.43. The molecule has 0 bridgehead atoms. The summed E-state index contributed by atoms with van der Waals surface area (Å²) >= 11 is 0. The molecule has 2 aromatic rings. The standard InChI is InChI=1S/C19H21F3N2O2S/c1-14(15-6-3-2-4-7-15)24-11-10-17(13-24)23-27(25,26)18-9-5-8-16(12-18)19(20,21)22/h2-9,12,14,17,23H,10-11,13H2,1H3. The fourth-order valence-electron chi connectivity index (χ4n) is 3.30. The first-order chi connectivity index (χ1) is 12.7. The molecule has 1 aliphatic heterocycles. The number of likely N-dealkylation sites (tertiary alicyclic amines) is 1. The van der Waals surface area contributed by atoms with Gasteiger partial charge in [-0.25, -0.2) is 13.1 Å². The largest absolute Gasteiger partial charge is 0.416 e. The molecular weight excluding hydrogens is 377 g/mol. The van der Waals surface area contributed by atoms with Gasteiger partial charge in [-0.05, 0) is 37.1 Å². The first-order valence-corrected chi connectivity index (χ1v) is 10.1. The molecule has 0 aromatic heterocycles. The van der Waals surface area contributed by atoms with Crippen LogP contribution in [0.3, 0.4) is 0 Å². The molecule has 2 unspecified atom stereocenters. The lowest BCUT2D eigenvalue weighted by Gasteiger charge is -2.24. The highest BCUT2D eigenvalue weighted by atomic mass is 32.2. The van der Waals surface area contributed by atoms with Gasteiger partial charge >= 0.3 is 6.18 Å². The van der Waals surface area contributed by atoms with E-state index in [2.05, 4.69) is 16.5 Å². The molecule has 1 fully saturated rings. The fraction of sp³-hybridized carbons (Fsp3) is 0.368. The molecule has 1 heterocycles. The molecular formula is C19H21F3N2O2S.